The van der Waals surface area contributed by atoms with E-state index in [-0.39, 0.29) is 0 Å². The van der Waals surface area contributed by atoms with Crippen LogP contribution in [0.5, 0.6) is 0 Å². The summed E-state index contributed by atoms with van der Waals surface area (Å²) in [6.07, 6.45) is 2.25. The molecule has 0 heterocycles. The Bertz CT molecular complexity index is 248. The molecular weight excluding hydrogens is 204 g/mol. The molecule has 0 aliphatic carbocycles. The molecule has 0 aliphatic heterocycles. The molecule has 0 bridgehead atoms. The largest absolute Gasteiger partial charge is 0.392 e. The summed E-state index contributed by atoms with van der Waals surface area (Å²) in [7, 11) is 0. The van der Waals surface area contributed by atoms with Crippen molar-refractivity contribution in [1.82, 2.24) is 0 Å². The van der Waals surface area contributed by atoms with Gasteiger partial charge in [0, 0.05) is 10.8 Å². The van der Waals surface area contributed by atoms with E-state index >= 15 is 0 Å². The minimum Gasteiger partial charge on any atom is -0.392 e. The van der Waals surface area contributed by atoms with Gasteiger partial charge in [0.05, 0.1) is 6.10 Å². The van der Waals surface area contributed by atoms with Crippen LogP contribution < -0.4 is 0 Å². The smallest absolute Gasteiger partial charge is 0.0715 e. The summed E-state index contributed by atoms with van der Waals surface area (Å²) >= 11 is 7.22. The van der Waals surface area contributed by atoms with Crippen LogP contribution in [-0.4, -0.2) is 23.3 Å². The van der Waals surface area contributed by atoms with E-state index in [1.54, 1.807) is 11.8 Å². The number of hydrogen-bond donors (Lipinski definition) is 1. The molecule has 1 aromatic rings. The predicted molar refractivity (Wildman–Crippen MR) is 58.7 cm³/mol. The minimum atomic E-state index is -0.429. The molecule has 1 rings (SSSR count). The van der Waals surface area contributed by atoms with E-state index in [4.69, 9.17) is 11.6 Å². The monoisotopic (exact) mass is 216 g/mol. The number of benzene rings is 1. The first-order chi connectivity index (χ1) is 6.26. The average molecular weight is 217 g/mol. The van der Waals surface area contributed by atoms with Crippen molar-refractivity contribution < 1.29 is 5.11 Å². The zero-order chi connectivity index (χ0) is 9.68. The average Bonchev–Trinajstić information content (AvgIpc) is 2.19. The van der Waals surface area contributed by atoms with Crippen molar-refractivity contribution in [1.29, 1.82) is 0 Å². The molecule has 0 saturated heterocycles. The predicted octanol–water partition coefficient (Wildman–Crippen LogP) is 2.55. The van der Waals surface area contributed by atoms with Crippen LogP contribution in [0.3, 0.4) is 0 Å². The maximum absolute atomic E-state index is 9.30. The quantitative estimate of drug-likeness (QED) is 0.617. The SMILES string of the molecule is CSc1ccc(CC(O)CCl)cc1. The third kappa shape index (κ3) is 3.59. The van der Waals surface area contributed by atoms with Gasteiger partial charge in [-0.3, -0.25) is 0 Å². The van der Waals surface area contributed by atoms with E-state index in [1.165, 1.54) is 4.90 Å². The van der Waals surface area contributed by atoms with Gasteiger partial charge in [-0.25, -0.2) is 0 Å². The van der Waals surface area contributed by atoms with Crippen molar-refractivity contribution in [3.05, 3.63) is 29.8 Å². The number of alkyl halides is 1. The van der Waals surface area contributed by atoms with E-state index < -0.39 is 6.10 Å². The van der Waals surface area contributed by atoms with Gasteiger partial charge >= 0.3 is 0 Å². The number of aliphatic hydroxyl groups excluding tert-OH is 1. The summed E-state index contributed by atoms with van der Waals surface area (Å²) in [6, 6.07) is 8.17. The highest BCUT2D eigenvalue weighted by Crippen LogP contribution is 2.15. The van der Waals surface area contributed by atoms with Crippen LogP contribution in [-0.2, 0) is 6.42 Å². The topological polar surface area (TPSA) is 20.2 Å². The van der Waals surface area contributed by atoms with Crippen molar-refractivity contribution >= 4 is 23.4 Å². The van der Waals surface area contributed by atoms with Crippen LogP contribution in [0.2, 0.25) is 0 Å². The first-order valence-electron chi connectivity index (χ1n) is 4.13. The first-order valence-corrected chi connectivity index (χ1v) is 5.89. The lowest BCUT2D eigenvalue weighted by atomic mass is 10.1. The number of hydrogen-bond acceptors (Lipinski definition) is 2. The Kier molecular flexibility index (Phi) is 4.64. The highest BCUT2D eigenvalue weighted by Gasteiger charge is 2.02. The van der Waals surface area contributed by atoms with Gasteiger partial charge in [0.2, 0.25) is 0 Å². The lowest BCUT2D eigenvalue weighted by Gasteiger charge is -2.06. The van der Waals surface area contributed by atoms with E-state index in [0.29, 0.717) is 12.3 Å². The van der Waals surface area contributed by atoms with Crippen molar-refractivity contribution in [2.24, 2.45) is 0 Å². The third-order valence-corrected chi connectivity index (χ3v) is 2.91. The highest BCUT2D eigenvalue weighted by molar-refractivity contribution is 7.98. The summed E-state index contributed by atoms with van der Waals surface area (Å²) in [4.78, 5) is 1.24. The molecule has 72 valence electrons. The molecule has 1 unspecified atom stereocenters. The zero-order valence-corrected chi connectivity index (χ0v) is 9.11. The summed E-state index contributed by atoms with van der Waals surface area (Å²) in [5, 5.41) is 9.30. The van der Waals surface area contributed by atoms with Gasteiger partial charge in [0.15, 0.2) is 0 Å². The number of thioether (sulfide) groups is 1. The van der Waals surface area contributed by atoms with Crippen LogP contribution in [0.15, 0.2) is 29.2 Å². The van der Waals surface area contributed by atoms with E-state index in [9.17, 15) is 5.11 Å². The normalized spacial score (nSPS) is 12.8. The summed E-state index contributed by atoms with van der Waals surface area (Å²) < 4.78 is 0. The van der Waals surface area contributed by atoms with Crippen LogP contribution in [0.25, 0.3) is 0 Å². The van der Waals surface area contributed by atoms with Crippen LogP contribution in [0.4, 0.5) is 0 Å². The molecule has 0 saturated carbocycles. The number of halogens is 1. The molecule has 0 amide bonds. The van der Waals surface area contributed by atoms with Gasteiger partial charge < -0.3 is 5.11 Å². The van der Waals surface area contributed by atoms with Gasteiger partial charge in [-0.2, -0.15) is 0 Å². The second-order valence-electron chi connectivity index (χ2n) is 2.86. The molecular formula is C10H13ClOS. The maximum Gasteiger partial charge on any atom is 0.0715 e. The number of rotatable bonds is 4. The molecule has 1 nitrogen and oxygen atoms in total. The molecule has 1 atom stereocenters. The summed E-state index contributed by atoms with van der Waals surface area (Å²) in [5.41, 5.74) is 1.13. The zero-order valence-electron chi connectivity index (χ0n) is 7.53. The fourth-order valence-electron chi connectivity index (χ4n) is 1.09. The molecule has 0 aliphatic rings. The van der Waals surface area contributed by atoms with Gasteiger partial charge in [-0.05, 0) is 30.4 Å². The molecule has 0 radical (unpaired) electrons. The van der Waals surface area contributed by atoms with Gasteiger partial charge in [0.1, 0.15) is 0 Å². The molecule has 3 heteroatoms. The highest BCUT2D eigenvalue weighted by atomic mass is 35.5. The van der Waals surface area contributed by atoms with Crippen LogP contribution in [0.1, 0.15) is 5.56 Å². The Morgan fingerprint density at radius 1 is 1.38 bits per heavy atom. The Morgan fingerprint density at radius 3 is 2.46 bits per heavy atom. The van der Waals surface area contributed by atoms with Crippen LogP contribution in [0, 0.1) is 0 Å². The molecule has 0 fully saturated rings. The first kappa shape index (κ1) is 10.9. The number of aliphatic hydroxyl groups is 1. The van der Waals surface area contributed by atoms with E-state index in [2.05, 4.69) is 12.1 Å². The maximum atomic E-state index is 9.30. The molecule has 1 aromatic carbocycles. The van der Waals surface area contributed by atoms with Gasteiger partial charge in [0.25, 0.3) is 0 Å². The Balaban J connectivity index is 2.58. The van der Waals surface area contributed by atoms with Gasteiger partial charge in [-0.15, -0.1) is 23.4 Å². The lowest BCUT2D eigenvalue weighted by Crippen LogP contribution is -2.11. The van der Waals surface area contributed by atoms with Crippen molar-refractivity contribution in [3.63, 3.8) is 0 Å². The molecule has 1 N–H and O–H groups in total. The third-order valence-electron chi connectivity index (χ3n) is 1.81. The van der Waals surface area contributed by atoms with Gasteiger partial charge in [-0.1, -0.05) is 12.1 Å². The lowest BCUT2D eigenvalue weighted by molar-refractivity contribution is 0.199. The standard InChI is InChI=1S/C10H13ClOS/c1-13-10-4-2-8(3-5-10)6-9(12)7-11/h2-5,9,12H,6-7H2,1H3. The van der Waals surface area contributed by atoms with Crippen molar-refractivity contribution in [2.45, 2.75) is 17.4 Å². The van der Waals surface area contributed by atoms with Crippen molar-refractivity contribution in [2.75, 3.05) is 12.1 Å². The molecule has 0 spiro atoms. The Labute approximate surface area is 88.1 Å². The fraction of sp³-hybridized carbons (Fsp3) is 0.400. The van der Waals surface area contributed by atoms with E-state index in [0.717, 1.165) is 5.56 Å². The van der Waals surface area contributed by atoms with E-state index in [1.807, 2.05) is 18.4 Å². The summed E-state index contributed by atoms with van der Waals surface area (Å²) in [6.45, 7) is 0. The molecule has 0 aromatic heterocycles. The fourth-order valence-corrected chi connectivity index (χ4v) is 1.61. The second-order valence-corrected chi connectivity index (χ2v) is 4.05. The molecule has 13 heavy (non-hydrogen) atoms. The second kappa shape index (κ2) is 5.53. The van der Waals surface area contributed by atoms with Crippen molar-refractivity contribution in [3.8, 4) is 0 Å². The minimum absolute atomic E-state index is 0.296. The summed E-state index contributed by atoms with van der Waals surface area (Å²) in [5.74, 6) is 0.296. The Morgan fingerprint density at radius 2 is 2.00 bits per heavy atom. The Hall–Kier alpha value is -0.180. The van der Waals surface area contributed by atoms with Crippen LogP contribution >= 0.6 is 23.4 Å².